The number of anilines is 1. The molecule has 0 saturated carbocycles. The maximum absolute atomic E-state index is 13.3. The molecule has 5 aromatic rings. The van der Waals surface area contributed by atoms with Gasteiger partial charge in [-0.15, -0.1) is 11.3 Å². The average Bonchev–Trinajstić information content (AvgIpc) is 3.68. The predicted octanol–water partition coefficient (Wildman–Crippen LogP) is 7.31. The second kappa shape index (κ2) is 12.3. The number of carbonyl (C=O) groups is 2. The fraction of sp³-hybridized carbons (Fsp3) is 0.353. The third kappa shape index (κ3) is 5.95. The summed E-state index contributed by atoms with van der Waals surface area (Å²) in [5.74, 6) is -0.460. The van der Waals surface area contributed by atoms with Crippen molar-refractivity contribution in [2.24, 2.45) is 7.05 Å². The van der Waals surface area contributed by atoms with Crippen LogP contribution in [0.5, 0.6) is 0 Å². The van der Waals surface area contributed by atoms with E-state index < -0.39 is 17.7 Å². The highest BCUT2D eigenvalue weighted by molar-refractivity contribution is 7.22. The van der Waals surface area contributed by atoms with E-state index in [1.807, 2.05) is 71.1 Å². The third-order valence-corrected chi connectivity index (χ3v) is 9.40. The molecule has 6 rings (SSSR count). The predicted molar refractivity (Wildman–Crippen MR) is 182 cm³/mol. The lowest BCUT2D eigenvalue weighted by atomic mass is 9.91. The van der Waals surface area contributed by atoms with Crippen LogP contribution in [0.3, 0.4) is 0 Å². The number of aromatic nitrogens is 3. The van der Waals surface area contributed by atoms with Gasteiger partial charge in [-0.2, -0.15) is 5.10 Å². The van der Waals surface area contributed by atoms with Gasteiger partial charge < -0.3 is 19.5 Å². The van der Waals surface area contributed by atoms with Crippen LogP contribution >= 0.6 is 22.9 Å². The number of aliphatic carboxylic acids is 1. The minimum Gasteiger partial charge on any atom is -0.479 e. The highest BCUT2D eigenvalue weighted by Crippen LogP contribution is 2.45. The van der Waals surface area contributed by atoms with E-state index in [1.165, 1.54) is 11.3 Å². The van der Waals surface area contributed by atoms with Crippen molar-refractivity contribution >= 4 is 61.9 Å². The van der Waals surface area contributed by atoms with Crippen LogP contribution in [0.2, 0.25) is 5.02 Å². The molecule has 0 spiro atoms. The quantitative estimate of drug-likeness (QED) is 0.176. The average molecular weight is 662 g/mol. The monoisotopic (exact) mass is 661 g/mol. The van der Waals surface area contributed by atoms with Crippen LogP contribution in [0.1, 0.15) is 38.0 Å². The van der Waals surface area contributed by atoms with Crippen molar-refractivity contribution in [3.05, 3.63) is 64.7 Å². The number of methoxy groups -OCH3 is 1. The number of thiazole rings is 1. The van der Waals surface area contributed by atoms with Gasteiger partial charge in [0.15, 0.2) is 11.9 Å². The number of nitrogens with zero attached hydrogens (tertiary/aromatic N) is 5. The van der Waals surface area contributed by atoms with E-state index >= 15 is 0 Å². The number of carboxylic acids is 1. The number of amides is 2. The first-order valence-electron chi connectivity index (χ1n) is 15.0. The Bertz CT molecular complexity index is 1960. The van der Waals surface area contributed by atoms with Gasteiger partial charge >= 0.3 is 12.0 Å². The molecule has 1 aliphatic rings. The van der Waals surface area contributed by atoms with Crippen LogP contribution < -0.4 is 4.90 Å². The van der Waals surface area contributed by atoms with E-state index in [1.54, 1.807) is 33.7 Å². The fourth-order valence-corrected chi connectivity index (χ4v) is 7.18. The normalized spacial score (nSPS) is 14.6. The van der Waals surface area contributed by atoms with E-state index in [2.05, 4.69) is 0 Å². The Morgan fingerprint density at radius 3 is 2.50 bits per heavy atom. The van der Waals surface area contributed by atoms with Crippen molar-refractivity contribution < 1.29 is 24.2 Å². The van der Waals surface area contributed by atoms with E-state index in [4.69, 9.17) is 31.2 Å². The summed E-state index contributed by atoms with van der Waals surface area (Å²) in [5.41, 5.74) is 4.75. The summed E-state index contributed by atoms with van der Waals surface area (Å²) in [7, 11) is 3.49. The maximum Gasteiger partial charge on any atom is 0.337 e. The molecule has 0 radical (unpaired) electrons. The van der Waals surface area contributed by atoms with Crippen LogP contribution in [-0.2, 0) is 21.3 Å². The molecule has 0 aliphatic carbocycles. The van der Waals surface area contributed by atoms with E-state index in [-0.39, 0.29) is 6.03 Å². The van der Waals surface area contributed by atoms with E-state index in [0.29, 0.717) is 42.6 Å². The maximum atomic E-state index is 13.3. The van der Waals surface area contributed by atoms with Crippen molar-refractivity contribution in [2.45, 2.75) is 39.4 Å². The van der Waals surface area contributed by atoms with Crippen molar-refractivity contribution in [3.63, 3.8) is 0 Å². The molecule has 1 fully saturated rings. The van der Waals surface area contributed by atoms with E-state index in [9.17, 15) is 14.7 Å². The van der Waals surface area contributed by atoms with Crippen LogP contribution in [0.4, 0.5) is 10.6 Å². The Labute approximate surface area is 276 Å². The molecule has 12 heteroatoms. The summed E-state index contributed by atoms with van der Waals surface area (Å²) in [6, 6.07) is 15.2. The number of urea groups is 1. The molecule has 1 saturated heterocycles. The van der Waals surface area contributed by atoms with Gasteiger partial charge in [0, 0.05) is 60.9 Å². The lowest BCUT2D eigenvalue weighted by Gasteiger charge is -2.28. The van der Waals surface area contributed by atoms with Gasteiger partial charge in [0.05, 0.1) is 27.9 Å². The van der Waals surface area contributed by atoms with Crippen LogP contribution in [0, 0.1) is 6.92 Å². The second-order valence-corrected chi connectivity index (χ2v) is 13.8. The highest BCUT2D eigenvalue weighted by atomic mass is 35.5. The molecule has 0 bridgehead atoms. The molecule has 46 heavy (non-hydrogen) atoms. The fourth-order valence-electron chi connectivity index (χ4n) is 5.93. The Morgan fingerprint density at radius 2 is 1.83 bits per heavy atom. The lowest BCUT2D eigenvalue weighted by molar-refractivity contribution is -0.160. The summed E-state index contributed by atoms with van der Waals surface area (Å²) < 4.78 is 14.0. The Hall–Kier alpha value is -4.03. The van der Waals surface area contributed by atoms with Gasteiger partial charge in [-0.3, -0.25) is 9.58 Å². The molecule has 1 aliphatic heterocycles. The molecule has 0 unspecified atom stereocenters. The van der Waals surface area contributed by atoms with Gasteiger partial charge in [-0.25, -0.2) is 14.6 Å². The number of halogens is 1. The summed E-state index contributed by atoms with van der Waals surface area (Å²) in [4.78, 5) is 34.5. The molecule has 1 atom stereocenters. The summed E-state index contributed by atoms with van der Waals surface area (Å²) in [5, 5.41) is 17.3. The van der Waals surface area contributed by atoms with Crippen LogP contribution in [0.25, 0.3) is 42.8 Å². The summed E-state index contributed by atoms with van der Waals surface area (Å²) in [6.45, 7) is 9.56. The topological polar surface area (TPSA) is 110 Å². The van der Waals surface area contributed by atoms with Crippen molar-refractivity contribution in [2.75, 3.05) is 38.3 Å². The number of hydrogen-bond acceptors (Lipinski definition) is 7. The van der Waals surface area contributed by atoms with Gasteiger partial charge in [0.2, 0.25) is 0 Å². The third-order valence-electron chi connectivity index (χ3n) is 8.01. The number of ether oxygens (including phenoxy) is 2. The van der Waals surface area contributed by atoms with Gasteiger partial charge in [-0.1, -0.05) is 23.7 Å². The van der Waals surface area contributed by atoms with Crippen LogP contribution in [-0.4, -0.2) is 75.7 Å². The van der Waals surface area contributed by atoms with Gasteiger partial charge in [0.1, 0.15) is 5.01 Å². The zero-order valence-electron chi connectivity index (χ0n) is 26.6. The van der Waals surface area contributed by atoms with Crippen molar-refractivity contribution in [1.29, 1.82) is 0 Å². The number of rotatable bonds is 9. The first-order valence-corrected chi connectivity index (χ1v) is 16.2. The van der Waals surface area contributed by atoms with Gasteiger partial charge in [0.25, 0.3) is 0 Å². The second-order valence-electron chi connectivity index (χ2n) is 12.4. The SMILES string of the molecule is COCCN1CCN(c2nn(C)c3ccc(-c4nc5cc(C)c([C@H](OC(C)(C)C)C(=O)O)c(-c6ccc(Cl)cc6)c5s4)cc23)C1=O. The standard InChI is InChI=1S/C34H36ClN5O5S/c1-19-17-24-29(27(20-7-10-22(35)11-8-20)26(19)28(32(41)42)45-34(2,3)4)46-31(36-24)21-9-12-25-23(18-21)30(37-38(25)5)40-14-13-39(33(40)43)15-16-44-6/h7-12,17-18,28H,13-16H2,1-6H3,(H,41,42)/t28-/m0/s1. The Morgan fingerprint density at radius 1 is 1.11 bits per heavy atom. The molecule has 2 amide bonds. The number of carboxylic acid groups (broad SMARTS) is 1. The van der Waals surface area contributed by atoms with Crippen LogP contribution in [0.15, 0.2) is 48.5 Å². The molecule has 10 nitrogen and oxygen atoms in total. The number of hydrogen-bond donors (Lipinski definition) is 1. The highest BCUT2D eigenvalue weighted by Gasteiger charge is 2.34. The Kier molecular flexibility index (Phi) is 8.53. The molecule has 3 aromatic carbocycles. The molecule has 1 N–H and O–H groups in total. The molecule has 2 aromatic heterocycles. The van der Waals surface area contributed by atoms with Crippen molar-refractivity contribution in [1.82, 2.24) is 19.7 Å². The molecule has 240 valence electrons. The Balaban J connectivity index is 1.50. The summed E-state index contributed by atoms with van der Waals surface area (Å²) >= 11 is 7.74. The summed E-state index contributed by atoms with van der Waals surface area (Å²) in [6.07, 6.45) is -1.20. The van der Waals surface area contributed by atoms with Crippen molar-refractivity contribution in [3.8, 4) is 21.7 Å². The minimum absolute atomic E-state index is 0.0940. The minimum atomic E-state index is -1.20. The largest absolute Gasteiger partial charge is 0.479 e. The molecular weight excluding hydrogens is 626 g/mol. The van der Waals surface area contributed by atoms with Gasteiger partial charge in [-0.05, 0) is 75.2 Å². The molecular formula is C34H36ClN5O5S. The number of benzene rings is 3. The van der Waals surface area contributed by atoms with E-state index in [0.717, 1.165) is 48.4 Å². The zero-order chi connectivity index (χ0) is 32.9. The smallest absolute Gasteiger partial charge is 0.337 e. The molecule has 3 heterocycles. The number of carbonyl (C=O) groups excluding carboxylic acids is 1. The number of fused-ring (bicyclic) bond motifs is 2. The first-order chi connectivity index (χ1) is 21.9. The lowest BCUT2D eigenvalue weighted by Crippen LogP contribution is -2.34. The number of aryl methyl sites for hydroxylation is 2. The first kappa shape index (κ1) is 31.9. The zero-order valence-corrected chi connectivity index (χ0v) is 28.2.